The monoisotopic (exact) mass is 283 g/mol. The van der Waals surface area contributed by atoms with Crippen molar-refractivity contribution >= 4 is 0 Å². The van der Waals surface area contributed by atoms with Gasteiger partial charge in [-0.3, -0.25) is 9.80 Å². The predicted molar refractivity (Wildman–Crippen MR) is 83.9 cm³/mol. The third-order valence-corrected chi connectivity index (χ3v) is 4.94. The molecule has 2 atom stereocenters. The third kappa shape index (κ3) is 3.53. The molecule has 1 saturated carbocycles. The fourth-order valence-electron chi connectivity index (χ4n) is 3.79. The molecule has 1 aliphatic heterocycles. The van der Waals surface area contributed by atoms with Crippen LogP contribution in [0.5, 0.6) is 0 Å². The molecule has 0 spiro atoms. The minimum atomic E-state index is 0.158. The van der Waals surface area contributed by atoms with Gasteiger partial charge in [0.1, 0.15) is 0 Å². The molecule has 118 valence electrons. The fourth-order valence-corrected chi connectivity index (χ4v) is 3.79. The summed E-state index contributed by atoms with van der Waals surface area (Å²) in [6.07, 6.45) is 3.97. The van der Waals surface area contributed by atoms with Gasteiger partial charge in [0, 0.05) is 50.9 Å². The Morgan fingerprint density at radius 3 is 2.60 bits per heavy atom. The van der Waals surface area contributed by atoms with E-state index in [0.29, 0.717) is 12.0 Å². The van der Waals surface area contributed by atoms with E-state index in [9.17, 15) is 0 Å². The van der Waals surface area contributed by atoms with Crippen molar-refractivity contribution in [1.29, 1.82) is 0 Å². The maximum absolute atomic E-state index is 6.25. The van der Waals surface area contributed by atoms with Crippen molar-refractivity contribution in [3.8, 4) is 0 Å². The van der Waals surface area contributed by atoms with Crippen molar-refractivity contribution in [2.24, 2.45) is 11.7 Å². The molecule has 0 amide bonds. The van der Waals surface area contributed by atoms with Crippen LogP contribution in [0.2, 0.25) is 0 Å². The molecule has 4 nitrogen and oxygen atoms in total. The molecule has 0 bridgehead atoms. The van der Waals surface area contributed by atoms with Crippen molar-refractivity contribution in [3.63, 3.8) is 0 Å². The van der Waals surface area contributed by atoms with Gasteiger partial charge in [-0.1, -0.05) is 13.8 Å². The van der Waals surface area contributed by atoms with Gasteiger partial charge in [0.05, 0.1) is 6.61 Å². The van der Waals surface area contributed by atoms with Gasteiger partial charge in [-0.05, 0) is 32.1 Å². The Hall–Kier alpha value is -0.160. The molecule has 1 aliphatic carbocycles. The Labute approximate surface area is 124 Å². The topological polar surface area (TPSA) is 41.7 Å². The Balaban J connectivity index is 2.09. The third-order valence-electron chi connectivity index (χ3n) is 4.94. The minimum Gasteiger partial charge on any atom is -0.383 e. The summed E-state index contributed by atoms with van der Waals surface area (Å²) in [5.74, 6) is 0.667. The van der Waals surface area contributed by atoms with Gasteiger partial charge in [-0.25, -0.2) is 0 Å². The van der Waals surface area contributed by atoms with Crippen molar-refractivity contribution in [1.82, 2.24) is 9.80 Å². The van der Waals surface area contributed by atoms with Crippen molar-refractivity contribution in [3.05, 3.63) is 0 Å². The predicted octanol–water partition coefficient (Wildman–Crippen LogP) is 1.54. The Kier molecular flexibility index (Phi) is 5.46. The van der Waals surface area contributed by atoms with E-state index in [1.807, 2.05) is 0 Å². The van der Waals surface area contributed by atoms with Gasteiger partial charge in [0.15, 0.2) is 0 Å². The SMILES string of the molecule is COCCN(CC(C)C)C1(CN)CC(C)N(C2CC2)C1. The number of rotatable bonds is 8. The van der Waals surface area contributed by atoms with Crippen LogP contribution in [0, 0.1) is 5.92 Å². The number of methoxy groups -OCH3 is 1. The average molecular weight is 283 g/mol. The first-order chi connectivity index (χ1) is 9.52. The van der Waals surface area contributed by atoms with E-state index in [2.05, 4.69) is 30.6 Å². The second-order valence-corrected chi connectivity index (χ2v) is 7.22. The highest BCUT2D eigenvalue weighted by Gasteiger charge is 2.49. The molecule has 2 unspecified atom stereocenters. The van der Waals surface area contributed by atoms with Gasteiger partial charge >= 0.3 is 0 Å². The van der Waals surface area contributed by atoms with Gasteiger partial charge in [-0.2, -0.15) is 0 Å². The van der Waals surface area contributed by atoms with E-state index in [1.165, 1.54) is 19.3 Å². The van der Waals surface area contributed by atoms with Crippen LogP contribution in [0.3, 0.4) is 0 Å². The summed E-state index contributed by atoms with van der Waals surface area (Å²) in [5, 5.41) is 0. The lowest BCUT2D eigenvalue weighted by Gasteiger charge is -2.41. The molecule has 0 aromatic carbocycles. The normalized spacial score (nSPS) is 31.6. The molecule has 0 aromatic rings. The van der Waals surface area contributed by atoms with Crippen LogP contribution in [0.4, 0.5) is 0 Å². The summed E-state index contributed by atoms with van der Waals surface area (Å²) in [7, 11) is 1.79. The number of hydrogen-bond acceptors (Lipinski definition) is 4. The maximum Gasteiger partial charge on any atom is 0.0589 e. The molecular formula is C16H33N3O. The zero-order valence-corrected chi connectivity index (χ0v) is 13.8. The van der Waals surface area contributed by atoms with Gasteiger partial charge in [-0.15, -0.1) is 0 Å². The zero-order valence-electron chi connectivity index (χ0n) is 13.8. The Bertz CT molecular complexity index is 306. The maximum atomic E-state index is 6.25. The lowest BCUT2D eigenvalue weighted by Crippen LogP contribution is -2.57. The second-order valence-electron chi connectivity index (χ2n) is 7.22. The van der Waals surface area contributed by atoms with Crippen molar-refractivity contribution in [2.45, 2.75) is 57.7 Å². The molecule has 2 rings (SSSR count). The van der Waals surface area contributed by atoms with Crippen molar-refractivity contribution < 1.29 is 4.74 Å². The zero-order chi connectivity index (χ0) is 14.8. The van der Waals surface area contributed by atoms with E-state index >= 15 is 0 Å². The van der Waals surface area contributed by atoms with Gasteiger partial charge in [0.25, 0.3) is 0 Å². The van der Waals surface area contributed by atoms with E-state index in [1.54, 1.807) is 7.11 Å². The van der Waals surface area contributed by atoms with Crippen LogP contribution < -0.4 is 5.73 Å². The molecular weight excluding hydrogens is 250 g/mol. The number of nitrogens with two attached hydrogens (primary N) is 1. The summed E-state index contributed by atoms with van der Waals surface area (Å²) in [6.45, 7) is 11.8. The lowest BCUT2D eigenvalue weighted by molar-refractivity contribution is 0.0537. The molecule has 0 radical (unpaired) electrons. The molecule has 1 saturated heterocycles. The largest absolute Gasteiger partial charge is 0.383 e. The quantitative estimate of drug-likeness (QED) is 0.734. The summed E-state index contributed by atoms with van der Waals surface area (Å²) in [4.78, 5) is 5.31. The van der Waals surface area contributed by atoms with Crippen LogP contribution in [-0.4, -0.2) is 67.3 Å². The molecule has 2 fully saturated rings. The number of nitrogens with zero attached hydrogens (tertiary/aromatic N) is 2. The van der Waals surface area contributed by atoms with Crippen LogP contribution in [-0.2, 0) is 4.74 Å². The highest BCUT2D eigenvalue weighted by Crippen LogP contribution is 2.39. The van der Waals surface area contributed by atoms with Crippen molar-refractivity contribution in [2.75, 3.05) is 39.9 Å². The van der Waals surface area contributed by atoms with Crippen LogP contribution in [0.15, 0.2) is 0 Å². The van der Waals surface area contributed by atoms with Crippen LogP contribution >= 0.6 is 0 Å². The van der Waals surface area contributed by atoms with E-state index < -0.39 is 0 Å². The average Bonchev–Trinajstić information content (AvgIpc) is 3.18. The number of likely N-dealkylation sites (tertiary alicyclic amines) is 1. The lowest BCUT2D eigenvalue weighted by atomic mass is 9.92. The smallest absolute Gasteiger partial charge is 0.0589 e. The molecule has 1 heterocycles. The van der Waals surface area contributed by atoms with Crippen LogP contribution in [0.25, 0.3) is 0 Å². The molecule has 2 N–H and O–H groups in total. The molecule has 0 aromatic heterocycles. The first-order valence-corrected chi connectivity index (χ1v) is 8.22. The summed E-state index contributed by atoms with van der Waals surface area (Å²) >= 11 is 0. The Morgan fingerprint density at radius 2 is 2.10 bits per heavy atom. The Morgan fingerprint density at radius 1 is 1.40 bits per heavy atom. The number of ether oxygens (including phenoxy) is 1. The highest BCUT2D eigenvalue weighted by atomic mass is 16.5. The summed E-state index contributed by atoms with van der Waals surface area (Å²) in [5.41, 5.74) is 6.41. The first kappa shape index (κ1) is 16.2. The summed E-state index contributed by atoms with van der Waals surface area (Å²) in [6, 6.07) is 1.50. The highest BCUT2D eigenvalue weighted by molar-refractivity contribution is 5.06. The molecule has 20 heavy (non-hydrogen) atoms. The van der Waals surface area contributed by atoms with E-state index in [-0.39, 0.29) is 5.54 Å². The first-order valence-electron chi connectivity index (χ1n) is 8.22. The molecule has 4 heteroatoms. The number of hydrogen-bond donors (Lipinski definition) is 1. The van der Waals surface area contributed by atoms with E-state index in [4.69, 9.17) is 10.5 Å². The fraction of sp³-hybridized carbons (Fsp3) is 1.00. The summed E-state index contributed by atoms with van der Waals surface area (Å²) < 4.78 is 5.32. The van der Waals surface area contributed by atoms with Gasteiger partial charge < -0.3 is 10.5 Å². The standard InChI is InChI=1S/C16H33N3O/c1-13(2)10-18(7-8-20-4)16(11-17)9-14(3)19(12-16)15-5-6-15/h13-15H,5-12,17H2,1-4H3. The second kappa shape index (κ2) is 6.73. The van der Waals surface area contributed by atoms with E-state index in [0.717, 1.165) is 38.8 Å². The van der Waals surface area contributed by atoms with Crippen LogP contribution in [0.1, 0.15) is 40.0 Å². The molecule has 2 aliphatic rings. The van der Waals surface area contributed by atoms with Gasteiger partial charge in [0.2, 0.25) is 0 Å². The minimum absolute atomic E-state index is 0.158.